The van der Waals surface area contributed by atoms with Gasteiger partial charge in [0.05, 0.1) is 23.0 Å². The van der Waals surface area contributed by atoms with Crippen LogP contribution in [0.5, 0.6) is 0 Å². The molecule has 3 aromatic rings. The highest BCUT2D eigenvalue weighted by molar-refractivity contribution is 5.83. The number of anilines is 1. The van der Waals surface area contributed by atoms with E-state index in [1.165, 1.54) is 12.1 Å². The summed E-state index contributed by atoms with van der Waals surface area (Å²) in [6, 6.07) is 10.2. The number of fused-ring (bicyclic) bond motifs is 1. The maximum atomic E-state index is 12.5. The van der Waals surface area contributed by atoms with E-state index in [2.05, 4.69) is 5.10 Å². The molecule has 1 heterocycles. The summed E-state index contributed by atoms with van der Waals surface area (Å²) in [7, 11) is 0. The summed E-state index contributed by atoms with van der Waals surface area (Å²) in [4.78, 5) is 0. The molecule has 0 unspecified atom stereocenters. The van der Waals surface area contributed by atoms with Crippen LogP contribution in [-0.4, -0.2) is 9.78 Å². The highest BCUT2D eigenvalue weighted by atomic mass is 19.4. The fourth-order valence-corrected chi connectivity index (χ4v) is 2.05. The summed E-state index contributed by atoms with van der Waals surface area (Å²) >= 11 is 0. The lowest BCUT2D eigenvalue weighted by atomic mass is 10.2. The second-order valence-corrected chi connectivity index (χ2v) is 4.42. The van der Waals surface area contributed by atoms with E-state index in [1.54, 1.807) is 29.1 Å². The zero-order chi connectivity index (χ0) is 14.3. The van der Waals surface area contributed by atoms with E-state index < -0.39 is 11.7 Å². The predicted molar refractivity (Wildman–Crippen MR) is 70.5 cm³/mol. The average Bonchev–Trinajstić information content (AvgIpc) is 2.80. The summed E-state index contributed by atoms with van der Waals surface area (Å²) in [5.74, 6) is 0. The molecule has 20 heavy (non-hydrogen) atoms. The molecule has 2 N–H and O–H groups in total. The first-order chi connectivity index (χ1) is 9.45. The molecular formula is C14H10F3N3. The molecule has 0 saturated carbocycles. The van der Waals surface area contributed by atoms with Crippen molar-refractivity contribution >= 4 is 16.6 Å². The summed E-state index contributed by atoms with van der Waals surface area (Å²) in [6.45, 7) is 0. The van der Waals surface area contributed by atoms with Crippen molar-refractivity contribution in [2.75, 3.05) is 5.73 Å². The van der Waals surface area contributed by atoms with Crippen LogP contribution in [0.1, 0.15) is 5.56 Å². The Bertz CT molecular complexity index is 757. The van der Waals surface area contributed by atoms with Crippen molar-refractivity contribution < 1.29 is 13.2 Å². The van der Waals surface area contributed by atoms with Crippen molar-refractivity contribution in [2.24, 2.45) is 0 Å². The third kappa shape index (κ3) is 2.09. The quantitative estimate of drug-likeness (QED) is 0.690. The maximum Gasteiger partial charge on any atom is 0.416 e. The number of nitrogens with zero attached hydrogens (tertiary/aromatic N) is 2. The second-order valence-electron chi connectivity index (χ2n) is 4.42. The van der Waals surface area contributed by atoms with Gasteiger partial charge in [-0.15, -0.1) is 0 Å². The van der Waals surface area contributed by atoms with Crippen LogP contribution in [0, 0.1) is 0 Å². The standard InChI is InChI=1S/C14H10F3N3/c15-14(16,17)10-1-4-12(5-2-10)20-13-6-3-11(18)7-9(13)8-19-20/h1-8H,18H2. The molecule has 0 spiro atoms. The Balaban J connectivity index is 2.07. The Morgan fingerprint density at radius 2 is 1.70 bits per heavy atom. The molecule has 3 nitrogen and oxygen atoms in total. The maximum absolute atomic E-state index is 12.5. The molecule has 0 atom stereocenters. The van der Waals surface area contributed by atoms with Crippen molar-refractivity contribution in [3.63, 3.8) is 0 Å². The largest absolute Gasteiger partial charge is 0.416 e. The molecule has 102 valence electrons. The fraction of sp³-hybridized carbons (Fsp3) is 0.0714. The van der Waals surface area contributed by atoms with Gasteiger partial charge in [0, 0.05) is 11.1 Å². The summed E-state index contributed by atoms with van der Waals surface area (Å²) < 4.78 is 39.1. The predicted octanol–water partition coefficient (Wildman–Crippen LogP) is 3.63. The molecule has 0 aliphatic carbocycles. The van der Waals surface area contributed by atoms with Crippen molar-refractivity contribution in [2.45, 2.75) is 6.18 Å². The van der Waals surface area contributed by atoms with Crippen LogP contribution in [-0.2, 0) is 6.18 Å². The third-order valence-electron chi connectivity index (χ3n) is 3.03. The zero-order valence-corrected chi connectivity index (χ0v) is 10.2. The minimum Gasteiger partial charge on any atom is -0.399 e. The number of alkyl halides is 3. The summed E-state index contributed by atoms with van der Waals surface area (Å²) in [5.41, 5.74) is 6.97. The van der Waals surface area contributed by atoms with Gasteiger partial charge in [-0.3, -0.25) is 0 Å². The molecule has 0 radical (unpaired) electrons. The van der Waals surface area contributed by atoms with E-state index in [0.717, 1.165) is 23.0 Å². The Hall–Kier alpha value is -2.50. The minimum atomic E-state index is -4.33. The van der Waals surface area contributed by atoms with E-state index in [1.807, 2.05) is 0 Å². The molecule has 2 aromatic carbocycles. The summed E-state index contributed by atoms with van der Waals surface area (Å²) in [5, 5.41) is 5.02. The number of hydrogen-bond donors (Lipinski definition) is 1. The number of rotatable bonds is 1. The van der Waals surface area contributed by atoms with Gasteiger partial charge in [0.2, 0.25) is 0 Å². The number of nitrogen functional groups attached to an aromatic ring is 1. The molecule has 0 amide bonds. The number of halogens is 3. The van der Waals surface area contributed by atoms with Gasteiger partial charge in [-0.2, -0.15) is 18.3 Å². The second kappa shape index (κ2) is 4.26. The molecule has 0 saturated heterocycles. The first kappa shape index (κ1) is 12.5. The van der Waals surface area contributed by atoms with Gasteiger partial charge in [0.1, 0.15) is 0 Å². The number of aromatic nitrogens is 2. The van der Waals surface area contributed by atoms with Gasteiger partial charge in [-0.25, -0.2) is 4.68 Å². The smallest absolute Gasteiger partial charge is 0.399 e. The van der Waals surface area contributed by atoms with Crippen LogP contribution in [0.4, 0.5) is 18.9 Å². The lowest BCUT2D eigenvalue weighted by molar-refractivity contribution is -0.137. The lowest BCUT2D eigenvalue weighted by Gasteiger charge is -2.08. The molecule has 0 bridgehead atoms. The molecular weight excluding hydrogens is 267 g/mol. The SMILES string of the molecule is Nc1ccc2c(cnn2-c2ccc(C(F)(F)F)cc2)c1. The molecule has 0 aliphatic heterocycles. The first-order valence-corrected chi connectivity index (χ1v) is 5.86. The summed E-state index contributed by atoms with van der Waals surface area (Å²) in [6.07, 6.45) is -2.71. The van der Waals surface area contributed by atoms with Gasteiger partial charge in [0.25, 0.3) is 0 Å². The van der Waals surface area contributed by atoms with Crippen LogP contribution < -0.4 is 5.73 Å². The van der Waals surface area contributed by atoms with Crippen LogP contribution in [0.15, 0.2) is 48.7 Å². The number of nitrogens with two attached hydrogens (primary N) is 1. The zero-order valence-electron chi connectivity index (χ0n) is 10.2. The van der Waals surface area contributed by atoms with E-state index in [-0.39, 0.29) is 0 Å². The van der Waals surface area contributed by atoms with E-state index >= 15 is 0 Å². The molecule has 0 aliphatic rings. The van der Waals surface area contributed by atoms with Gasteiger partial charge in [-0.05, 0) is 42.5 Å². The fourth-order valence-electron chi connectivity index (χ4n) is 2.05. The van der Waals surface area contributed by atoms with E-state index in [0.29, 0.717) is 11.4 Å². The average molecular weight is 277 g/mol. The van der Waals surface area contributed by atoms with Gasteiger partial charge >= 0.3 is 6.18 Å². The van der Waals surface area contributed by atoms with Gasteiger partial charge < -0.3 is 5.73 Å². The Morgan fingerprint density at radius 3 is 2.35 bits per heavy atom. The van der Waals surface area contributed by atoms with Crippen LogP contribution in [0.3, 0.4) is 0 Å². The normalized spacial score (nSPS) is 11.9. The molecule has 6 heteroatoms. The van der Waals surface area contributed by atoms with Crippen LogP contribution >= 0.6 is 0 Å². The highest BCUT2D eigenvalue weighted by Gasteiger charge is 2.30. The number of hydrogen-bond acceptors (Lipinski definition) is 2. The number of benzene rings is 2. The van der Waals surface area contributed by atoms with Crippen LogP contribution in [0.2, 0.25) is 0 Å². The van der Waals surface area contributed by atoms with Crippen LogP contribution in [0.25, 0.3) is 16.6 Å². The van der Waals surface area contributed by atoms with E-state index in [4.69, 9.17) is 5.73 Å². The Morgan fingerprint density at radius 1 is 1.00 bits per heavy atom. The monoisotopic (exact) mass is 277 g/mol. The van der Waals surface area contributed by atoms with Gasteiger partial charge in [-0.1, -0.05) is 0 Å². The minimum absolute atomic E-state index is 0.567. The molecule has 1 aromatic heterocycles. The molecule has 3 rings (SSSR count). The van der Waals surface area contributed by atoms with E-state index in [9.17, 15) is 13.2 Å². The van der Waals surface area contributed by atoms with Crippen molar-refractivity contribution in [3.05, 3.63) is 54.2 Å². The third-order valence-corrected chi connectivity index (χ3v) is 3.03. The molecule has 0 fully saturated rings. The Kier molecular flexibility index (Phi) is 2.67. The topological polar surface area (TPSA) is 43.8 Å². The van der Waals surface area contributed by atoms with Crippen molar-refractivity contribution in [1.82, 2.24) is 9.78 Å². The van der Waals surface area contributed by atoms with Crippen molar-refractivity contribution in [1.29, 1.82) is 0 Å². The van der Waals surface area contributed by atoms with Crippen molar-refractivity contribution in [3.8, 4) is 5.69 Å². The van der Waals surface area contributed by atoms with Gasteiger partial charge in [0.15, 0.2) is 0 Å². The first-order valence-electron chi connectivity index (χ1n) is 5.86. The Labute approximate surface area is 112 Å². The highest BCUT2D eigenvalue weighted by Crippen LogP contribution is 2.30. The lowest BCUT2D eigenvalue weighted by Crippen LogP contribution is -2.05.